The van der Waals surface area contributed by atoms with Crippen LogP contribution in [0, 0.1) is 5.82 Å². The van der Waals surface area contributed by atoms with E-state index in [9.17, 15) is 9.18 Å². The highest BCUT2D eigenvalue weighted by Crippen LogP contribution is 2.28. The van der Waals surface area contributed by atoms with Crippen LogP contribution in [0.1, 0.15) is 36.0 Å². The molecule has 0 radical (unpaired) electrons. The fourth-order valence-electron chi connectivity index (χ4n) is 3.80. The van der Waals surface area contributed by atoms with Crippen LogP contribution in [0.4, 0.5) is 21.7 Å². The lowest BCUT2D eigenvalue weighted by Crippen LogP contribution is -2.43. The van der Waals surface area contributed by atoms with Crippen LogP contribution in [-0.4, -0.2) is 28.0 Å². The van der Waals surface area contributed by atoms with Crippen molar-refractivity contribution in [3.63, 3.8) is 0 Å². The normalized spacial score (nSPS) is 18.4. The molecule has 1 amide bonds. The van der Waals surface area contributed by atoms with Crippen molar-refractivity contribution in [2.24, 2.45) is 11.5 Å². The molecule has 1 aliphatic rings. The van der Waals surface area contributed by atoms with Gasteiger partial charge in [-0.25, -0.2) is 9.37 Å². The maximum absolute atomic E-state index is 14.7. The molecule has 2 aromatic heterocycles. The molecule has 4 rings (SSSR count). The molecule has 6 N–H and O–H groups in total. The molecule has 0 saturated heterocycles. The number of pyridine rings is 2. The number of aromatic nitrogens is 2. The summed E-state index contributed by atoms with van der Waals surface area (Å²) in [6, 6.07) is 14.2. The molecule has 0 spiro atoms. The number of carbonyl (C=O) groups excluding carboxylic acids is 1. The summed E-state index contributed by atoms with van der Waals surface area (Å²) in [6.45, 7) is 0. The fourth-order valence-corrected chi connectivity index (χ4v) is 3.80. The summed E-state index contributed by atoms with van der Waals surface area (Å²) in [5, 5.41) is 6.20. The number of halogens is 1. The van der Waals surface area contributed by atoms with Gasteiger partial charge >= 0.3 is 0 Å². The van der Waals surface area contributed by atoms with Gasteiger partial charge in [0.05, 0.1) is 11.3 Å². The first-order valence-electron chi connectivity index (χ1n) is 10.3. The zero-order valence-corrected chi connectivity index (χ0v) is 17.0. The van der Waals surface area contributed by atoms with E-state index in [1.54, 1.807) is 12.3 Å². The van der Waals surface area contributed by atoms with E-state index in [1.165, 1.54) is 0 Å². The lowest BCUT2D eigenvalue weighted by atomic mass is 9.91. The Hall–Kier alpha value is -3.52. The summed E-state index contributed by atoms with van der Waals surface area (Å²) in [7, 11) is 0. The van der Waals surface area contributed by atoms with Crippen molar-refractivity contribution in [3.8, 4) is 11.3 Å². The number of hydrogen-bond donors (Lipinski definition) is 4. The number of benzene rings is 1. The smallest absolute Gasteiger partial charge is 0.252 e. The average molecular weight is 420 g/mol. The van der Waals surface area contributed by atoms with E-state index in [-0.39, 0.29) is 29.3 Å². The summed E-state index contributed by atoms with van der Waals surface area (Å²) in [4.78, 5) is 20.7. The van der Waals surface area contributed by atoms with Crippen LogP contribution in [-0.2, 0) is 0 Å². The van der Waals surface area contributed by atoms with Crippen molar-refractivity contribution in [1.29, 1.82) is 0 Å². The summed E-state index contributed by atoms with van der Waals surface area (Å²) in [5.74, 6) is -1.19. The number of nitrogens with one attached hydrogen (secondary N) is 2. The Bertz CT molecular complexity index is 1070. The highest BCUT2D eigenvalue weighted by molar-refractivity contribution is 5.98. The van der Waals surface area contributed by atoms with E-state index in [4.69, 9.17) is 11.5 Å². The minimum Gasteiger partial charge on any atom is -0.365 e. The summed E-state index contributed by atoms with van der Waals surface area (Å²) < 4.78 is 14.7. The van der Waals surface area contributed by atoms with Crippen molar-refractivity contribution in [2.75, 3.05) is 10.6 Å². The van der Waals surface area contributed by atoms with E-state index < -0.39 is 11.7 Å². The van der Waals surface area contributed by atoms with Crippen LogP contribution < -0.4 is 22.1 Å². The average Bonchev–Trinajstić information content (AvgIpc) is 2.78. The first kappa shape index (κ1) is 20.7. The number of primary amides is 1. The highest BCUT2D eigenvalue weighted by atomic mass is 19.1. The molecule has 0 bridgehead atoms. The Morgan fingerprint density at radius 2 is 1.84 bits per heavy atom. The van der Waals surface area contributed by atoms with Crippen molar-refractivity contribution < 1.29 is 9.18 Å². The van der Waals surface area contributed by atoms with E-state index >= 15 is 0 Å². The SMILES string of the molecule is NC(=O)c1cc(F)c(NC2CCCCC2N)nc1Nc1ccnc(-c2ccccc2)c1. The molecule has 8 heteroatoms. The van der Waals surface area contributed by atoms with Crippen LogP contribution in [0.5, 0.6) is 0 Å². The molecule has 160 valence electrons. The van der Waals surface area contributed by atoms with Crippen LogP contribution in [0.15, 0.2) is 54.7 Å². The van der Waals surface area contributed by atoms with Gasteiger partial charge in [0, 0.05) is 29.5 Å². The lowest BCUT2D eigenvalue weighted by molar-refractivity contribution is 0.100. The minimum atomic E-state index is -0.771. The van der Waals surface area contributed by atoms with Gasteiger partial charge in [-0.05, 0) is 31.0 Å². The molecule has 3 aromatic rings. The third kappa shape index (κ3) is 4.80. The third-order valence-electron chi connectivity index (χ3n) is 5.48. The van der Waals surface area contributed by atoms with Crippen molar-refractivity contribution in [3.05, 3.63) is 66.1 Å². The Labute approximate surface area is 180 Å². The molecule has 31 heavy (non-hydrogen) atoms. The standard InChI is InChI=1S/C23H25FN6O/c24-17-13-16(21(26)31)22(30-23(17)29-19-9-5-4-8-18(19)25)28-15-10-11-27-20(12-15)14-6-2-1-3-7-14/h1-3,6-7,10-13,18-19H,4-5,8-9,25H2,(H2,26,31)(H2,27,28,29,30). The number of rotatable bonds is 6. The monoisotopic (exact) mass is 420 g/mol. The number of amides is 1. The molecule has 1 fully saturated rings. The molecule has 1 aromatic carbocycles. The first-order chi connectivity index (χ1) is 15.0. The molecule has 7 nitrogen and oxygen atoms in total. The molecular weight excluding hydrogens is 395 g/mol. The summed E-state index contributed by atoms with van der Waals surface area (Å²) in [6.07, 6.45) is 5.46. The van der Waals surface area contributed by atoms with Crippen molar-refractivity contribution in [1.82, 2.24) is 9.97 Å². The first-order valence-corrected chi connectivity index (χ1v) is 10.3. The van der Waals surface area contributed by atoms with Crippen LogP contribution in [0.25, 0.3) is 11.3 Å². The lowest BCUT2D eigenvalue weighted by Gasteiger charge is -2.30. The van der Waals surface area contributed by atoms with Gasteiger partial charge in [-0.15, -0.1) is 0 Å². The molecule has 1 aliphatic carbocycles. The molecule has 2 heterocycles. The number of carbonyl (C=O) groups is 1. The van der Waals surface area contributed by atoms with E-state index in [0.29, 0.717) is 5.69 Å². The summed E-state index contributed by atoms with van der Waals surface area (Å²) in [5.41, 5.74) is 14.0. The Balaban J connectivity index is 1.64. The van der Waals surface area contributed by atoms with Crippen molar-refractivity contribution >= 4 is 23.2 Å². The fraction of sp³-hybridized carbons (Fsp3) is 0.261. The van der Waals surface area contributed by atoms with Gasteiger partial charge < -0.3 is 22.1 Å². The van der Waals surface area contributed by atoms with Gasteiger partial charge in [-0.3, -0.25) is 9.78 Å². The minimum absolute atomic E-state index is 0.0333. The van der Waals surface area contributed by atoms with Gasteiger partial charge in [0.1, 0.15) is 5.82 Å². The second kappa shape index (κ2) is 9.09. The zero-order chi connectivity index (χ0) is 21.8. The Morgan fingerprint density at radius 3 is 2.58 bits per heavy atom. The molecule has 2 unspecified atom stereocenters. The topological polar surface area (TPSA) is 119 Å². The Kier molecular flexibility index (Phi) is 6.08. The second-order valence-corrected chi connectivity index (χ2v) is 7.70. The molecular formula is C23H25FN6O. The maximum Gasteiger partial charge on any atom is 0.252 e. The largest absolute Gasteiger partial charge is 0.365 e. The number of anilines is 3. The summed E-state index contributed by atoms with van der Waals surface area (Å²) >= 11 is 0. The van der Waals surface area contributed by atoms with E-state index in [2.05, 4.69) is 20.6 Å². The van der Waals surface area contributed by atoms with Gasteiger partial charge in [-0.1, -0.05) is 43.2 Å². The predicted molar refractivity (Wildman–Crippen MR) is 120 cm³/mol. The van der Waals surface area contributed by atoms with E-state index in [0.717, 1.165) is 43.0 Å². The van der Waals surface area contributed by atoms with Gasteiger partial charge in [0.15, 0.2) is 11.6 Å². The van der Waals surface area contributed by atoms with Crippen LogP contribution in [0.2, 0.25) is 0 Å². The molecule has 1 saturated carbocycles. The quantitative estimate of drug-likeness (QED) is 0.482. The number of hydrogen-bond acceptors (Lipinski definition) is 6. The van der Waals surface area contributed by atoms with Gasteiger partial charge in [0.2, 0.25) is 0 Å². The molecule has 2 atom stereocenters. The van der Waals surface area contributed by atoms with E-state index in [1.807, 2.05) is 36.4 Å². The van der Waals surface area contributed by atoms with Crippen LogP contribution in [0.3, 0.4) is 0 Å². The maximum atomic E-state index is 14.7. The number of nitrogens with two attached hydrogens (primary N) is 2. The molecule has 0 aliphatic heterocycles. The number of nitrogens with zero attached hydrogens (tertiary/aromatic N) is 2. The Morgan fingerprint density at radius 1 is 1.06 bits per heavy atom. The van der Waals surface area contributed by atoms with Gasteiger partial charge in [-0.2, -0.15) is 0 Å². The third-order valence-corrected chi connectivity index (χ3v) is 5.48. The van der Waals surface area contributed by atoms with Crippen molar-refractivity contribution in [2.45, 2.75) is 37.8 Å². The zero-order valence-electron chi connectivity index (χ0n) is 17.0. The van der Waals surface area contributed by atoms with Gasteiger partial charge in [0.25, 0.3) is 5.91 Å². The highest BCUT2D eigenvalue weighted by Gasteiger charge is 2.24. The van der Waals surface area contributed by atoms with Crippen LogP contribution >= 0.6 is 0 Å². The second-order valence-electron chi connectivity index (χ2n) is 7.70. The predicted octanol–water partition coefficient (Wildman–Crippen LogP) is 3.81.